The second-order valence-corrected chi connectivity index (χ2v) is 9.90. The molecule has 0 N–H and O–H groups in total. The third-order valence-corrected chi connectivity index (χ3v) is 5.07. The Kier molecular flexibility index (Phi) is 52.3. The molecule has 0 fully saturated rings. The Balaban J connectivity index is -0.0000000717. The number of nitrogens with zero attached hydrogens (tertiary/aromatic N) is 3. The van der Waals surface area contributed by atoms with Crippen LogP contribution in [0.5, 0.6) is 0 Å². The molecule has 0 aliphatic carbocycles. The molecule has 0 saturated carbocycles. The first-order valence-corrected chi connectivity index (χ1v) is 13.6. The van der Waals surface area contributed by atoms with Gasteiger partial charge in [0.2, 0.25) is 0 Å². The first-order valence-electron chi connectivity index (χ1n) is 13.6. The molecule has 0 spiro atoms. The molecule has 2 atom stereocenters. The lowest BCUT2D eigenvalue weighted by Crippen LogP contribution is -2.00. The molecule has 0 aromatic rings. The Labute approximate surface area is 218 Å². The summed E-state index contributed by atoms with van der Waals surface area (Å²) in [4.78, 5) is 0. The van der Waals surface area contributed by atoms with Gasteiger partial charge in [-0.05, 0) is 44.9 Å². The molecule has 3 nitrogen and oxygen atoms in total. The van der Waals surface area contributed by atoms with Crippen LogP contribution in [0.1, 0.15) is 161 Å². The highest BCUT2D eigenvalue weighted by molar-refractivity contribution is 4.79. The summed E-state index contributed by atoms with van der Waals surface area (Å²) in [7, 11) is 0. The zero-order valence-electron chi connectivity index (χ0n) is 24.9. The molecule has 0 heterocycles. The third-order valence-electron chi connectivity index (χ3n) is 5.07. The van der Waals surface area contributed by atoms with Gasteiger partial charge in [0.1, 0.15) is 0 Å². The maximum Gasteiger partial charge on any atom is 0.0655 e. The lowest BCUT2D eigenvalue weighted by atomic mass is 9.94. The largest absolute Gasteiger partial charge is 0.198 e. The number of rotatable bonds is 9. The van der Waals surface area contributed by atoms with Gasteiger partial charge in [-0.15, -0.1) is 0 Å². The Morgan fingerprint density at radius 1 is 0.588 bits per heavy atom. The monoisotopic (exact) mass is 480 g/mol. The molecule has 0 aliphatic heterocycles. The van der Waals surface area contributed by atoms with Gasteiger partial charge in [0.15, 0.2) is 0 Å². The van der Waals surface area contributed by atoms with Crippen molar-refractivity contribution in [2.24, 2.45) is 23.2 Å². The normalized spacial score (nSPS) is 10.8. The van der Waals surface area contributed by atoms with Crippen molar-refractivity contribution in [2.45, 2.75) is 161 Å². The van der Waals surface area contributed by atoms with E-state index < -0.39 is 0 Å². The van der Waals surface area contributed by atoms with Gasteiger partial charge >= 0.3 is 0 Å². The van der Waals surface area contributed by atoms with Crippen molar-refractivity contribution in [3.8, 4) is 18.2 Å². The molecule has 0 rings (SSSR count). The minimum Gasteiger partial charge on any atom is -0.198 e. The van der Waals surface area contributed by atoms with Crippen LogP contribution in [0.4, 0.5) is 0 Å². The molecule has 2 unspecified atom stereocenters. The van der Waals surface area contributed by atoms with Crippen molar-refractivity contribution in [3.63, 3.8) is 0 Å². The number of hydrogen-bond donors (Lipinski definition) is 0. The van der Waals surface area contributed by atoms with Crippen LogP contribution in [0.25, 0.3) is 0 Å². The Morgan fingerprint density at radius 3 is 0.941 bits per heavy atom. The summed E-state index contributed by atoms with van der Waals surface area (Å²) >= 11 is 0. The summed E-state index contributed by atoms with van der Waals surface area (Å²) in [6.07, 6.45) is 13.1. The molecule has 34 heavy (non-hydrogen) atoms. The smallest absolute Gasteiger partial charge is 0.0655 e. The first-order chi connectivity index (χ1) is 15.4. The quantitative estimate of drug-likeness (QED) is 0.308. The van der Waals surface area contributed by atoms with E-state index in [1.807, 2.05) is 27.7 Å². The fourth-order valence-electron chi connectivity index (χ4n) is 1.97. The fraction of sp³-hybridized carbons (Fsp3) is 0.903. The molecule has 0 aromatic carbocycles. The Bertz CT molecular complexity index is 427. The molecule has 0 amide bonds. The average Bonchev–Trinajstić information content (AvgIpc) is 2.80. The van der Waals surface area contributed by atoms with E-state index >= 15 is 0 Å². The van der Waals surface area contributed by atoms with Crippen molar-refractivity contribution in [2.75, 3.05) is 0 Å². The zero-order chi connectivity index (χ0) is 27.1. The maximum atomic E-state index is 8.28. The lowest BCUT2D eigenvalue weighted by Gasteiger charge is -2.12. The summed E-state index contributed by atoms with van der Waals surface area (Å²) < 4.78 is 0. The molecule has 0 radical (unpaired) electrons. The highest BCUT2D eigenvalue weighted by atomic mass is 14.3. The number of nitriles is 3. The van der Waals surface area contributed by atoms with Gasteiger partial charge < -0.3 is 0 Å². The van der Waals surface area contributed by atoms with Crippen molar-refractivity contribution >= 4 is 0 Å². The zero-order valence-corrected chi connectivity index (χ0v) is 24.9. The van der Waals surface area contributed by atoms with Crippen LogP contribution >= 0.6 is 0 Å². The van der Waals surface area contributed by atoms with Gasteiger partial charge in [0.25, 0.3) is 0 Å². The van der Waals surface area contributed by atoms with Crippen LogP contribution in [0.2, 0.25) is 0 Å². The SMILES string of the molecule is C.CCC(C#N)CC.CCC(C)(C)C.CCCC(C)C#N.CCCC(C)C#N.CCCCCC. The number of unbranched alkanes of at least 4 members (excludes halogenated alkanes) is 3. The summed E-state index contributed by atoms with van der Waals surface area (Å²) in [5.41, 5.74) is 0.542. The summed E-state index contributed by atoms with van der Waals surface area (Å²) in [6, 6.07) is 6.53. The molecule has 3 heteroatoms. The van der Waals surface area contributed by atoms with Crippen LogP contribution in [-0.4, -0.2) is 0 Å². The van der Waals surface area contributed by atoms with E-state index in [4.69, 9.17) is 15.8 Å². The Hall–Kier alpha value is -1.53. The van der Waals surface area contributed by atoms with Crippen LogP contribution in [0.3, 0.4) is 0 Å². The Morgan fingerprint density at radius 2 is 0.882 bits per heavy atom. The van der Waals surface area contributed by atoms with Gasteiger partial charge in [-0.1, -0.05) is 122 Å². The predicted molar refractivity (Wildman–Crippen MR) is 155 cm³/mol. The second-order valence-electron chi connectivity index (χ2n) is 9.90. The molecule has 204 valence electrons. The highest BCUT2D eigenvalue weighted by Gasteiger charge is 2.03. The standard InChI is InChI=1S/3C6H11N.2C6H14.CH4/c2*1-3-4-6(2)5-7;1-3-6(4-2)5-7;1-5-6(2,3)4;1-3-5-6-4-2;/h3*6H,3-4H2,1-2H3;5H2,1-4H3;3-6H2,1-2H3;1H4. The predicted octanol–water partition coefficient (Wildman–Crippen LogP) is 11.5. The van der Waals surface area contributed by atoms with Gasteiger partial charge in [-0.3, -0.25) is 0 Å². The highest BCUT2D eigenvalue weighted by Crippen LogP contribution is 2.16. The van der Waals surface area contributed by atoms with Gasteiger partial charge in [0, 0.05) is 17.8 Å². The minimum absolute atomic E-state index is 0. The topological polar surface area (TPSA) is 71.4 Å². The van der Waals surface area contributed by atoms with Crippen LogP contribution in [0, 0.1) is 57.2 Å². The average molecular weight is 480 g/mol. The molecular formula is C31H65N3. The van der Waals surface area contributed by atoms with Crippen molar-refractivity contribution in [3.05, 3.63) is 0 Å². The van der Waals surface area contributed by atoms with Crippen molar-refractivity contribution in [1.82, 2.24) is 0 Å². The van der Waals surface area contributed by atoms with E-state index in [9.17, 15) is 0 Å². The molecule has 0 saturated heterocycles. The summed E-state index contributed by atoms with van der Waals surface area (Å²) in [5.74, 6) is 0.801. The third kappa shape index (κ3) is 63.2. The second kappa shape index (κ2) is 38.7. The van der Waals surface area contributed by atoms with E-state index in [2.05, 4.69) is 73.6 Å². The lowest BCUT2D eigenvalue weighted by molar-refractivity contribution is 0.398. The van der Waals surface area contributed by atoms with E-state index in [0.29, 0.717) is 11.3 Å². The van der Waals surface area contributed by atoms with E-state index in [0.717, 1.165) is 38.5 Å². The summed E-state index contributed by atoms with van der Waals surface area (Å²) in [5, 5.41) is 24.7. The van der Waals surface area contributed by atoms with E-state index in [-0.39, 0.29) is 19.3 Å². The van der Waals surface area contributed by atoms with Crippen LogP contribution in [-0.2, 0) is 0 Å². The van der Waals surface area contributed by atoms with Crippen molar-refractivity contribution in [1.29, 1.82) is 15.8 Å². The van der Waals surface area contributed by atoms with Gasteiger partial charge in [-0.25, -0.2) is 0 Å². The molecule has 0 aromatic heterocycles. The van der Waals surface area contributed by atoms with Crippen LogP contribution in [0.15, 0.2) is 0 Å². The first kappa shape index (κ1) is 45.9. The molecule has 0 aliphatic rings. The fourth-order valence-corrected chi connectivity index (χ4v) is 1.97. The van der Waals surface area contributed by atoms with Gasteiger partial charge in [0.05, 0.1) is 18.2 Å². The van der Waals surface area contributed by atoms with Crippen molar-refractivity contribution < 1.29 is 0 Å². The molecule has 0 bridgehead atoms. The summed E-state index contributed by atoms with van der Waals surface area (Å²) in [6.45, 7) is 25.6. The minimum atomic E-state index is 0. The van der Waals surface area contributed by atoms with E-state index in [1.54, 1.807) is 0 Å². The van der Waals surface area contributed by atoms with E-state index in [1.165, 1.54) is 32.1 Å². The van der Waals surface area contributed by atoms with Crippen LogP contribution < -0.4 is 0 Å². The maximum absolute atomic E-state index is 8.28. The molecular weight excluding hydrogens is 414 g/mol. The van der Waals surface area contributed by atoms with Gasteiger partial charge in [-0.2, -0.15) is 15.8 Å². The number of hydrogen-bond acceptors (Lipinski definition) is 3.